The fourth-order valence-corrected chi connectivity index (χ4v) is 2.24. The maximum absolute atomic E-state index is 13.5. The van der Waals surface area contributed by atoms with Crippen LogP contribution < -0.4 is 10.5 Å². The van der Waals surface area contributed by atoms with Gasteiger partial charge in [-0.2, -0.15) is 5.26 Å². The van der Waals surface area contributed by atoms with E-state index in [1.807, 2.05) is 24.3 Å². The number of halogens is 2. The summed E-state index contributed by atoms with van der Waals surface area (Å²) in [6.07, 6.45) is -0.443. The van der Waals surface area contributed by atoms with Gasteiger partial charge in [0.2, 0.25) is 0 Å². The molecule has 102 valence electrons. The number of hydrogen-bond acceptors (Lipinski definition) is 3. The molecule has 0 fully saturated rings. The van der Waals surface area contributed by atoms with Gasteiger partial charge >= 0.3 is 0 Å². The van der Waals surface area contributed by atoms with Crippen molar-refractivity contribution in [2.45, 2.75) is 6.10 Å². The Balaban J connectivity index is 2.32. The molecule has 0 radical (unpaired) electrons. The lowest BCUT2D eigenvalue weighted by Gasteiger charge is -2.19. The molecule has 2 rings (SSSR count). The van der Waals surface area contributed by atoms with Crippen molar-refractivity contribution in [1.82, 2.24) is 0 Å². The Bertz CT molecular complexity index is 655. The largest absolute Gasteiger partial charge is 0.483 e. The molecule has 0 bridgehead atoms. The summed E-state index contributed by atoms with van der Waals surface area (Å²) in [4.78, 5) is 0. The van der Waals surface area contributed by atoms with Crippen LogP contribution in [0.5, 0.6) is 5.75 Å². The Hall–Kier alpha value is -1.90. The van der Waals surface area contributed by atoms with Gasteiger partial charge in [0.25, 0.3) is 0 Å². The average Bonchev–Trinajstić information content (AvgIpc) is 2.45. The van der Waals surface area contributed by atoms with Gasteiger partial charge in [0, 0.05) is 11.0 Å². The van der Waals surface area contributed by atoms with Crippen molar-refractivity contribution in [2.75, 3.05) is 6.54 Å². The highest BCUT2D eigenvalue weighted by Gasteiger charge is 2.16. The Kier molecular flexibility index (Phi) is 4.72. The van der Waals surface area contributed by atoms with Crippen LogP contribution in [0.25, 0.3) is 0 Å². The summed E-state index contributed by atoms with van der Waals surface area (Å²) in [5.41, 5.74) is 6.46. The molecule has 0 saturated carbocycles. The molecule has 0 aliphatic heterocycles. The summed E-state index contributed by atoms with van der Waals surface area (Å²) in [7, 11) is 0. The average molecular weight is 335 g/mol. The molecule has 2 N–H and O–H groups in total. The second-order valence-electron chi connectivity index (χ2n) is 4.12. The third-order valence-electron chi connectivity index (χ3n) is 2.79. The molecular weight excluding hydrogens is 323 g/mol. The van der Waals surface area contributed by atoms with Crippen LogP contribution in [0.4, 0.5) is 4.39 Å². The van der Waals surface area contributed by atoms with Crippen LogP contribution in [-0.2, 0) is 0 Å². The van der Waals surface area contributed by atoms with Gasteiger partial charge in [-0.15, -0.1) is 0 Å². The summed E-state index contributed by atoms with van der Waals surface area (Å²) in [5, 5.41) is 8.99. The van der Waals surface area contributed by atoms with E-state index in [9.17, 15) is 4.39 Å². The van der Waals surface area contributed by atoms with E-state index in [1.165, 1.54) is 12.1 Å². The van der Waals surface area contributed by atoms with Crippen molar-refractivity contribution in [3.05, 3.63) is 63.9 Å². The first-order valence-electron chi connectivity index (χ1n) is 5.96. The Morgan fingerprint density at radius 2 is 2.05 bits per heavy atom. The first-order chi connectivity index (χ1) is 9.65. The normalized spacial score (nSPS) is 11.7. The fraction of sp³-hybridized carbons (Fsp3) is 0.133. The predicted molar refractivity (Wildman–Crippen MR) is 77.7 cm³/mol. The second kappa shape index (κ2) is 6.51. The minimum atomic E-state index is -0.602. The van der Waals surface area contributed by atoms with Crippen LogP contribution in [0.1, 0.15) is 17.2 Å². The van der Waals surface area contributed by atoms with E-state index < -0.39 is 11.9 Å². The molecule has 0 aliphatic rings. The molecule has 0 spiro atoms. The van der Waals surface area contributed by atoms with Gasteiger partial charge in [-0.3, -0.25) is 0 Å². The summed E-state index contributed by atoms with van der Waals surface area (Å²) in [6, 6.07) is 13.6. The molecule has 5 heteroatoms. The SMILES string of the molecule is N#Cc1c(F)cccc1OC(CN)c1cccc(Br)c1. The number of rotatable bonds is 4. The van der Waals surface area contributed by atoms with Crippen LogP contribution in [0, 0.1) is 17.1 Å². The molecule has 0 aliphatic carbocycles. The van der Waals surface area contributed by atoms with Crippen LogP contribution in [0.2, 0.25) is 0 Å². The third-order valence-corrected chi connectivity index (χ3v) is 3.28. The Morgan fingerprint density at radius 1 is 1.30 bits per heavy atom. The van der Waals surface area contributed by atoms with Crippen LogP contribution in [0.3, 0.4) is 0 Å². The lowest BCUT2D eigenvalue weighted by atomic mass is 10.1. The molecule has 3 nitrogen and oxygen atoms in total. The van der Waals surface area contributed by atoms with E-state index in [4.69, 9.17) is 15.7 Å². The summed E-state index contributed by atoms with van der Waals surface area (Å²) < 4.78 is 20.1. The summed E-state index contributed by atoms with van der Waals surface area (Å²) in [6.45, 7) is 0.220. The number of nitrogens with two attached hydrogens (primary N) is 1. The highest BCUT2D eigenvalue weighted by atomic mass is 79.9. The lowest BCUT2D eigenvalue weighted by Crippen LogP contribution is -2.19. The van der Waals surface area contributed by atoms with E-state index in [0.29, 0.717) is 0 Å². The van der Waals surface area contributed by atoms with E-state index >= 15 is 0 Å². The molecule has 0 heterocycles. The van der Waals surface area contributed by atoms with Gasteiger partial charge < -0.3 is 10.5 Å². The molecule has 1 atom stereocenters. The predicted octanol–water partition coefficient (Wildman–Crippen LogP) is 3.54. The Labute approximate surface area is 124 Å². The number of benzene rings is 2. The number of ether oxygens (including phenoxy) is 1. The van der Waals surface area contributed by atoms with Crippen LogP contribution >= 0.6 is 15.9 Å². The van der Waals surface area contributed by atoms with Crippen molar-refractivity contribution in [2.24, 2.45) is 5.73 Å². The number of nitriles is 1. The first-order valence-corrected chi connectivity index (χ1v) is 6.75. The van der Waals surface area contributed by atoms with Crippen molar-refractivity contribution < 1.29 is 9.13 Å². The summed E-state index contributed by atoms with van der Waals surface area (Å²) in [5.74, 6) is -0.405. The molecule has 1 unspecified atom stereocenters. The van der Waals surface area contributed by atoms with Crippen molar-refractivity contribution in [3.63, 3.8) is 0 Å². The first kappa shape index (κ1) is 14.5. The smallest absolute Gasteiger partial charge is 0.144 e. The zero-order chi connectivity index (χ0) is 14.5. The maximum Gasteiger partial charge on any atom is 0.144 e. The van der Waals surface area contributed by atoms with E-state index in [2.05, 4.69) is 15.9 Å². The van der Waals surface area contributed by atoms with Crippen LogP contribution in [-0.4, -0.2) is 6.54 Å². The fourth-order valence-electron chi connectivity index (χ4n) is 1.82. The molecule has 0 saturated heterocycles. The molecular formula is C15H12BrFN2O. The van der Waals surface area contributed by atoms with Crippen LogP contribution in [0.15, 0.2) is 46.9 Å². The van der Waals surface area contributed by atoms with Gasteiger partial charge in [0.1, 0.15) is 29.3 Å². The van der Waals surface area contributed by atoms with Crippen molar-refractivity contribution in [3.8, 4) is 11.8 Å². The minimum Gasteiger partial charge on any atom is -0.483 e. The van der Waals surface area contributed by atoms with E-state index in [-0.39, 0.29) is 17.9 Å². The summed E-state index contributed by atoms with van der Waals surface area (Å²) >= 11 is 3.38. The van der Waals surface area contributed by atoms with Crippen molar-refractivity contribution in [1.29, 1.82) is 5.26 Å². The number of hydrogen-bond donors (Lipinski definition) is 1. The zero-order valence-electron chi connectivity index (χ0n) is 10.5. The van der Waals surface area contributed by atoms with Gasteiger partial charge in [0.05, 0.1) is 0 Å². The zero-order valence-corrected chi connectivity index (χ0v) is 12.1. The van der Waals surface area contributed by atoms with Gasteiger partial charge in [-0.05, 0) is 29.8 Å². The molecule has 20 heavy (non-hydrogen) atoms. The maximum atomic E-state index is 13.5. The third kappa shape index (κ3) is 3.16. The second-order valence-corrected chi connectivity index (χ2v) is 5.04. The molecule has 0 amide bonds. The van der Waals surface area contributed by atoms with Gasteiger partial charge in [0.15, 0.2) is 0 Å². The minimum absolute atomic E-state index is 0.110. The molecule has 0 aromatic heterocycles. The topological polar surface area (TPSA) is 59.0 Å². The highest BCUT2D eigenvalue weighted by Crippen LogP contribution is 2.27. The highest BCUT2D eigenvalue weighted by molar-refractivity contribution is 9.10. The lowest BCUT2D eigenvalue weighted by molar-refractivity contribution is 0.212. The van der Waals surface area contributed by atoms with Crippen molar-refractivity contribution >= 4 is 15.9 Å². The monoisotopic (exact) mass is 334 g/mol. The number of nitrogens with zero attached hydrogens (tertiary/aromatic N) is 1. The standard InChI is InChI=1S/C15H12BrFN2O/c16-11-4-1-3-10(7-11)15(9-19)20-14-6-2-5-13(17)12(14)8-18/h1-7,15H,9,19H2. The van der Waals surface area contributed by atoms with Gasteiger partial charge in [-0.1, -0.05) is 34.1 Å². The Morgan fingerprint density at radius 3 is 2.70 bits per heavy atom. The molecule has 2 aromatic carbocycles. The van der Waals surface area contributed by atoms with E-state index in [1.54, 1.807) is 12.1 Å². The quantitative estimate of drug-likeness (QED) is 0.930. The van der Waals surface area contributed by atoms with Gasteiger partial charge in [-0.25, -0.2) is 4.39 Å². The molecule has 2 aromatic rings. The van der Waals surface area contributed by atoms with E-state index in [0.717, 1.165) is 10.0 Å².